The third-order valence-electron chi connectivity index (χ3n) is 5.91. The molecule has 0 radical (unpaired) electrons. The van der Waals surface area contributed by atoms with E-state index < -0.39 is 0 Å². The number of fused-ring (bicyclic) bond motifs is 1. The first kappa shape index (κ1) is 25.1. The first-order chi connectivity index (χ1) is 14.9. The fourth-order valence-electron chi connectivity index (χ4n) is 4.29. The van der Waals surface area contributed by atoms with Crippen molar-refractivity contribution < 1.29 is 0 Å². The number of benzene rings is 2. The molecule has 1 aliphatic carbocycles. The summed E-state index contributed by atoms with van der Waals surface area (Å²) < 4.78 is 0. The van der Waals surface area contributed by atoms with Gasteiger partial charge in [0.05, 0.1) is 10.0 Å². The molecule has 1 heterocycles. The molecule has 0 aromatic heterocycles. The number of nitrogens with zero attached hydrogens (tertiary/aromatic N) is 2. The van der Waals surface area contributed by atoms with E-state index in [9.17, 15) is 0 Å². The van der Waals surface area contributed by atoms with E-state index in [1.54, 1.807) is 6.07 Å². The maximum Gasteiger partial charge on any atom is 0.176 e. The van der Waals surface area contributed by atoms with Gasteiger partial charge in [-0.05, 0) is 55.5 Å². The topological polar surface area (TPSA) is 51.7 Å². The van der Waals surface area contributed by atoms with Crippen LogP contribution in [0.25, 0.3) is 0 Å². The van der Waals surface area contributed by atoms with Gasteiger partial charge in [-0.1, -0.05) is 54.4 Å². The Hall–Kier alpha value is -1.50. The fourth-order valence-corrected chi connectivity index (χ4v) is 5.00. The molecule has 4 rings (SSSR count). The zero-order valence-corrected chi connectivity index (χ0v) is 20.0. The number of rotatable bonds is 5. The Bertz CT molecular complexity index is 955. The highest BCUT2D eigenvalue weighted by Gasteiger charge is 2.26. The van der Waals surface area contributed by atoms with Crippen molar-refractivity contribution in [3.05, 3.63) is 62.6 Å². The second kappa shape index (κ2) is 11.1. The molecule has 1 atom stereocenters. The Morgan fingerprint density at radius 1 is 1.03 bits per heavy atom. The standard InChI is InChI=1S/C23H28Cl3N5.CH4/c1-31(2)22-18-5-3-4-6-20(18)29-23(30-22)28-17-9-7-16(8-10-17)27-13-14-11-15(24)12-19(25)21(14)26;/h3-6,11-12,16-17,23,27-29H,7-10,13H2,1-2H3;1H4. The molecule has 3 N–H and O–H groups in total. The molecule has 1 aliphatic heterocycles. The average Bonchev–Trinajstić information content (AvgIpc) is 2.75. The van der Waals surface area contributed by atoms with Gasteiger partial charge < -0.3 is 15.5 Å². The molecule has 1 unspecified atom stereocenters. The van der Waals surface area contributed by atoms with Crippen LogP contribution in [-0.2, 0) is 6.54 Å². The van der Waals surface area contributed by atoms with Gasteiger partial charge in [-0.15, -0.1) is 0 Å². The van der Waals surface area contributed by atoms with Crippen LogP contribution in [0.4, 0.5) is 5.69 Å². The first-order valence-electron chi connectivity index (χ1n) is 10.6. The molecule has 174 valence electrons. The largest absolute Gasteiger partial charge is 0.362 e. The minimum atomic E-state index is -0.116. The summed E-state index contributed by atoms with van der Waals surface area (Å²) in [4.78, 5) is 6.97. The van der Waals surface area contributed by atoms with Crippen LogP contribution in [-0.4, -0.2) is 43.2 Å². The van der Waals surface area contributed by atoms with E-state index >= 15 is 0 Å². The third kappa shape index (κ3) is 5.89. The molecular formula is C24H32Cl3N5. The van der Waals surface area contributed by atoms with Gasteiger partial charge in [0.25, 0.3) is 0 Å². The van der Waals surface area contributed by atoms with Crippen molar-refractivity contribution >= 4 is 46.3 Å². The predicted molar refractivity (Wildman–Crippen MR) is 138 cm³/mol. The molecule has 0 saturated heterocycles. The molecule has 2 aromatic rings. The van der Waals surface area contributed by atoms with E-state index in [2.05, 4.69) is 39.0 Å². The molecule has 2 aromatic carbocycles. The SMILES string of the molecule is C.CN(C)C1=NC(NC2CCC(NCc3cc(Cl)cc(Cl)c3Cl)CC2)Nc2ccccc21. The van der Waals surface area contributed by atoms with Crippen molar-refractivity contribution in [2.75, 3.05) is 19.4 Å². The monoisotopic (exact) mass is 495 g/mol. The highest BCUT2D eigenvalue weighted by molar-refractivity contribution is 6.43. The second-order valence-corrected chi connectivity index (χ2v) is 9.62. The number of amidine groups is 1. The summed E-state index contributed by atoms with van der Waals surface area (Å²) in [5.41, 5.74) is 3.19. The van der Waals surface area contributed by atoms with E-state index in [1.165, 1.54) is 0 Å². The lowest BCUT2D eigenvalue weighted by Crippen LogP contribution is -2.48. The molecule has 1 saturated carbocycles. The summed E-state index contributed by atoms with van der Waals surface area (Å²) in [5.74, 6) is 0.999. The van der Waals surface area contributed by atoms with E-state index in [0.717, 1.165) is 48.3 Å². The van der Waals surface area contributed by atoms with E-state index in [4.69, 9.17) is 39.8 Å². The van der Waals surface area contributed by atoms with Crippen LogP contribution < -0.4 is 16.0 Å². The number of para-hydroxylation sites is 1. The number of nitrogens with one attached hydrogen (secondary N) is 3. The normalized spacial score (nSPS) is 22.3. The summed E-state index contributed by atoms with van der Waals surface area (Å²) in [6.45, 7) is 0.666. The van der Waals surface area contributed by atoms with Crippen molar-refractivity contribution in [3.8, 4) is 0 Å². The lowest BCUT2D eigenvalue weighted by molar-refractivity contribution is 0.294. The summed E-state index contributed by atoms with van der Waals surface area (Å²) in [6, 6.07) is 12.7. The highest BCUT2D eigenvalue weighted by atomic mass is 35.5. The number of anilines is 1. The average molecular weight is 497 g/mol. The van der Waals surface area contributed by atoms with Crippen LogP contribution in [0.15, 0.2) is 41.4 Å². The molecule has 0 spiro atoms. The van der Waals surface area contributed by atoms with Crippen molar-refractivity contribution in [1.29, 1.82) is 0 Å². The van der Waals surface area contributed by atoms with Crippen molar-refractivity contribution in [2.24, 2.45) is 4.99 Å². The van der Waals surface area contributed by atoms with Gasteiger partial charge in [0, 0.05) is 49.0 Å². The quantitative estimate of drug-likeness (QED) is 0.445. The zero-order chi connectivity index (χ0) is 22.0. The number of aliphatic imine (C=N–C) groups is 1. The fraction of sp³-hybridized carbons (Fsp3) is 0.458. The number of halogens is 3. The summed E-state index contributed by atoms with van der Waals surface area (Å²) in [5, 5.41) is 12.5. The van der Waals surface area contributed by atoms with Crippen molar-refractivity contribution in [1.82, 2.24) is 15.5 Å². The molecule has 5 nitrogen and oxygen atoms in total. The number of hydrogen-bond acceptors (Lipinski definition) is 5. The zero-order valence-electron chi connectivity index (χ0n) is 17.8. The van der Waals surface area contributed by atoms with Crippen LogP contribution in [0, 0.1) is 0 Å². The second-order valence-electron chi connectivity index (χ2n) is 8.40. The van der Waals surface area contributed by atoms with Crippen LogP contribution >= 0.6 is 34.8 Å². The molecule has 1 fully saturated rings. The maximum absolute atomic E-state index is 6.32. The van der Waals surface area contributed by atoms with Crippen molar-refractivity contribution in [2.45, 2.75) is 58.0 Å². The predicted octanol–water partition coefficient (Wildman–Crippen LogP) is 5.99. The van der Waals surface area contributed by atoms with Gasteiger partial charge in [0.1, 0.15) is 5.84 Å². The van der Waals surface area contributed by atoms with Gasteiger partial charge in [-0.25, -0.2) is 4.99 Å². The third-order valence-corrected chi connectivity index (χ3v) is 6.96. The van der Waals surface area contributed by atoms with Gasteiger partial charge >= 0.3 is 0 Å². The summed E-state index contributed by atoms with van der Waals surface area (Å²) in [7, 11) is 4.07. The van der Waals surface area contributed by atoms with Gasteiger partial charge in [0.2, 0.25) is 0 Å². The minimum absolute atomic E-state index is 0. The van der Waals surface area contributed by atoms with Gasteiger partial charge in [-0.2, -0.15) is 0 Å². The van der Waals surface area contributed by atoms with Gasteiger partial charge in [-0.3, -0.25) is 5.32 Å². The lowest BCUT2D eigenvalue weighted by Gasteiger charge is -2.34. The molecular weight excluding hydrogens is 465 g/mol. The first-order valence-corrected chi connectivity index (χ1v) is 11.8. The Labute approximate surface area is 206 Å². The van der Waals surface area contributed by atoms with Crippen LogP contribution in [0.5, 0.6) is 0 Å². The summed E-state index contributed by atoms with van der Waals surface area (Å²) >= 11 is 18.6. The lowest BCUT2D eigenvalue weighted by atomic mass is 9.91. The molecule has 2 aliphatic rings. The van der Waals surface area contributed by atoms with E-state index in [1.807, 2.05) is 26.2 Å². The van der Waals surface area contributed by atoms with Crippen molar-refractivity contribution in [3.63, 3.8) is 0 Å². The van der Waals surface area contributed by atoms with Crippen LogP contribution in [0.3, 0.4) is 0 Å². The Kier molecular flexibility index (Phi) is 8.70. The molecule has 8 heteroatoms. The molecule has 0 bridgehead atoms. The van der Waals surface area contributed by atoms with Crippen LogP contribution in [0.1, 0.15) is 44.2 Å². The van der Waals surface area contributed by atoms with Crippen LogP contribution in [0.2, 0.25) is 15.1 Å². The summed E-state index contributed by atoms with van der Waals surface area (Å²) in [6.07, 6.45) is 4.26. The van der Waals surface area contributed by atoms with Gasteiger partial charge in [0.15, 0.2) is 6.29 Å². The Balaban J connectivity index is 0.00000289. The maximum atomic E-state index is 6.32. The smallest absolute Gasteiger partial charge is 0.176 e. The number of hydrogen-bond donors (Lipinski definition) is 3. The minimum Gasteiger partial charge on any atom is -0.362 e. The highest BCUT2D eigenvalue weighted by Crippen LogP contribution is 2.30. The Morgan fingerprint density at radius 3 is 2.44 bits per heavy atom. The van der Waals surface area contributed by atoms with E-state index in [-0.39, 0.29) is 13.7 Å². The van der Waals surface area contributed by atoms with E-state index in [0.29, 0.717) is 33.7 Å². The molecule has 0 amide bonds. The molecule has 32 heavy (non-hydrogen) atoms. The Morgan fingerprint density at radius 2 is 1.72 bits per heavy atom.